The molecule has 1 heterocycles. The van der Waals surface area contributed by atoms with E-state index in [9.17, 15) is 5.11 Å². The predicted octanol–water partition coefficient (Wildman–Crippen LogP) is 3.31. The summed E-state index contributed by atoms with van der Waals surface area (Å²) in [7, 11) is 0. The summed E-state index contributed by atoms with van der Waals surface area (Å²) in [5.41, 5.74) is 0.830. The van der Waals surface area contributed by atoms with Crippen LogP contribution in [0.2, 0.25) is 0 Å². The van der Waals surface area contributed by atoms with E-state index < -0.39 is 6.10 Å². The Labute approximate surface area is 116 Å². The van der Waals surface area contributed by atoms with E-state index in [4.69, 9.17) is 9.47 Å². The van der Waals surface area contributed by atoms with Gasteiger partial charge in [0.1, 0.15) is 5.75 Å². The predicted molar refractivity (Wildman–Crippen MR) is 73.8 cm³/mol. The van der Waals surface area contributed by atoms with E-state index in [1.165, 1.54) is 0 Å². The Kier molecular flexibility index (Phi) is 5.03. The molecule has 0 unspecified atom stereocenters. The van der Waals surface area contributed by atoms with E-state index in [0.717, 1.165) is 41.8 Å². The van der Waals surface area contributed by atoms with Gasteiger partial charge in [-0.1, -0.05) is 15.9 Å². The van der Waals surface area contributed by atoms with Gasteiger partial charge in [-0.2, -0.15) is 0 Å². The first-order valence-corrected chi connectivity index (χ1v) is 7.14. The maximum Gasteiger partial charge on any atom is 0.125 e. The van der Waals surface area contributed by atoms with Gasteiger partial charge >= 0.3 is 0 Å². The van der Waals surface area contributed by atoms with E-state index in [1.54, 1.807) is 6.92 Å². The van der Waals surface area contributed by atoms with Crippen LogP contribution in [-0.4, -0.2) is 24.9 Å². The molecular formula is C14H19BrO3. The second-order valence-corrected chi connectivity index (χ2v) is 5.64. The Balaban J connectivity index is 1.99. The second kappa shape index (κ2) is 6.55. The molecule has 1 saturated heterocycles. The van der Waals surface area contributed by atoms with Crippen LogP contribution in [0.15, 0.2) is 22.7 Å². The zero-order valence-corrected chi connectivity index (χ0v) is 12.1. The smallest absolute Gasteiger partial charge is 0.125 e. The lowest BCUT2D eigenvalue weighted by Crippen LogP contribution is -2.21. The van der Waals surface area contributed by atoms with Gasteiger partial charge in [-0.3, -0.25) is 0 Å². The van der Waals surface area contributed by atoms with Crippen LogP contribution < -0.4 is 4.74 Å². The number of halogens is 1. The Morgan fingerprint density at radius 1 is 1.44 bits per heavy atom. The first kappa shape index (κ1) is 13.8. The molecule has 0 aromatic heterocycles. The topological polar surface area (TPSA) is 38.7 Å². The second-order valence-electron chi connectivity index (χ2n) is 4.72. The fourth-order valence-corrected chi connectivity index (χ4v) is 2.48. The van der Waals surface area contributed by atoms with E-state index in [-0.39, 0.29) is 0 Å². The van der Waals surface area contributed by atoms with Crippen molar-refractivity contribution in [1.29, 1.82) is 0 Å². The third-order valence-electron chi connectivity index (χ3n) is 3.24. The first-order valence-electron chi connectivity index (χ1n) is 6.35. The maximum absolute atomic E-state index is 9.75. The molecule has 1 aromatic rings. The number of ether oxygens (including phenoxy) is 2. The van der Waals surface area contributed by atoms with E-state index in [1.807, 2.05) is 18.2 Å². The standard InChI is InChI=1S/C14H19BrO3/c1-10(16)13-8-12(15)2-3-14(13)18-9-11-4-6-17-7-5-11/h2-3,8,10-11,16H,4-7,9H2,1H3/t10-/m1/s1. The number of aliphatic hydroxyl groups is 1. The van der Waals surface area contributed by atoms with Crippen LogP contribution in [0.3, 0.4) is 0 Å². The van der Waals surface area contributed by atoms with Gasteiger partial charge in [-0.05, 0) is 43.9 Å². The Bertz CT molecular complexity index is 387. The van der Waals surface area contributed by atoms with Crippen molar-refractivity contribution in [1.82, 2.24) is 0 Å². The highest BCUT2D eigenvalue weighted by Crippen LogP contribution is 2.29. The summed E-state index contributed by atoms with van der Waals surface area (Å²) >= 11 is 3.41. The van der Waals surface area contributed by atoms with Gasteiger partial charge in [0.15, 0.2) is 0 Å². The molecular weight excluding hydrogens is 296 g/mol. The number of aliphatic hydroxyl groups excluding tert-OH is 1. The molecule has 1 aliphatic heterocycles. The molecule has 100 valence electrons. The summed E-state index contributed by atoms with van der Waals surface area (Å²) in [6.07, 6.45) is 1.59. The van der Waals surface area contributed by atoms with Gasteiger partial charge in [-0.25, -0.2) is 0 Å². The molecule has 0 aliphatic carbocycles. The molecule has 0 bridgehead atoms. The summed E-state index contributed by atoms with van der Waals surface area (Å²) < 4.78 is 12.1. The molecule has 4 heteroatoms. The maximum atomic E-state index is 9.75. The normalized spacial score (nSPS) is 18.6. The van der Waals surface area contributed by atoms with Crippen LogP contribution in [0.25, 0.3) is 0 Å². The number of rotatable bonds is 4. The Morgan fingerprint density at radius 3 is 2.83 bits per heavy atom. The minimum atomic E-state index is -0.521. The molecule has 1 aliphatic rings. The molecule has 1 N–H and O–H groups in total. The van der Waals surface area contributed by atoms with Gasteiger partial charge in [0.05, 0.1) is 12.7 Å². The van der Waals surface area contributed by atoms with Crippen molar-refractivity contribution >= 4 is 15.9 Å². The SMILES string of the molecule is C[C@@H](O)c1cc(Br)ccc1OCC1CCOCC1. The highest BCUT2D eigenvalue weighted by Gasteiger charge is 2.16. The molecule has 0 spiro atoms. The molecule has 0 amide bonds. The van der Waals surface area contributed by atoms with E-state index >= 15 is 0 Å². The number of benzene rings is 1. The zero-order valence-electron chi connectivity index (χ0n) is 10.6. The van der Waals surface area contributed by atoms with Gasteiger partial charge in [-0.15, -0.1) is 0 Å². The lowest BCUT2D eigenvalue weighted by Gasteiger charge is -2.23. The molecule has 3 nitrogen and oxygen atoms in total. The first-order chi connectivity index (χ1) is 8.66. The monoisotopic (exact) mass is 314 g/mol. The van der Waals surface area contributed by atoms with Crippen molar-refractivity contribution < 1.29 is 14.6 Å². The van der Waals surface area contributed by atoms with Crippen molar-refractivity contribution in [3.63, 3.8) is 0 Å². The minimum absolute atomic E-state index is 0.521. The van der Waals surface area contributed by atoms with Crippen molar-refractivity contribution in [2.45, 2.75) is 25.9 Å². The van der Waals surface area contributed by atoms with Gasteiger partial charge in [0, 0.05) is 23.2 Å². The molecule has 0 radical (unpaired) electrons. The largest absolute Gasteiger partial charge is 0.493 e. The van der Waals surface area contributed by atoms with Crippen LogP contribution in [-0.2, 0) is 4.74 Å². The lowest BCUT2D eigenvalue weighted by atomic mass is 10.0. The van der Waals surface area contributed by atoms with Gasteiger partial charge < -0.3 is 14.6 Å². The zero-order chi connectivity index (χ0) is 13.0. The van der Waals surface area contributed by atoms with Crippen LogP contribution in [0.4, 0.5) is 0 Å². The fraction of sp³-hybridized carbons (Fsp3) is 0.571. The average molecular weight is 315 g/mol. The number of hydrogen-bond acceptors (Lipinski definition) is 3. The van der Waals surface area contributed by atoms with Crippen molar-refractivity contribution in [2.24, 2.45) is 5.92 Å². The quantitative estimate of drug-likeness (QED) is 0.926. The molecule has 2 rings (SSSR count). The van der Waals surface area contributed by atoms with Crippen molar-refractivity contribution in [2.75, 3.05) is 19.8 Å². The van der Waals surface area contributed by atoms with Crippen LogP contribution in [0, 0.1) is 5.92 Å². The van der Waals surface area contributed by atoms with Crippen LogP contribution >= 0.6 is 15.9 Å². The van der Waals surface area contributed by atoms with Crippen molar-refractivity contribution in [3.05, 3.63) is 28.2 Å². The summed E-state index contributed by atoms with van der Waals surface area (Å²) in [5, 5.41) is 9.75. The molecule has 18 heavy (non-hydrogen) atoms. The summed E-state index contributed by atoms with van der Waals surface area (Å²) in [4.78, 5) is 0. The Hall–Kier alpha value is -0.580. The highest BCUT2D eigenvalue weighted by molar-refractivity contribution is 9.10. The summed E-state index contributed by atoms with van der Waals surface area (Å²) in [6.45, 7) is 4.11. The molecule has 0 saturated carbocycles. The summed E-state index contributed by atoms with van der Waals surface area (Å²) in [5.74, 6) is 1.34. The fourth-order valence-electron chi connectivity index (χ4n) is 2.10. The van der Waals surface area contributed by atoms with Gasteiger partial charge in [0.2, 0.25) is 0 Å². The van der Waals surface area contributed by atoms with Gasteiger partial charge in [0.25, 0.3) is 0 Å². The third kappa shape index (κ3) is 3.70. The third-order valence-corrected chi connectivity index (χ3v) is 3.73. The molecule has 1 aromatic carbocycles. The molecule has 1 atom stereocenters. The minimum Gasteiger partial charge on any atom is -0.493 e. The van der Waals surface area contributed by atoms with Crippen LogP contribution in [0.1, 0.15) is 31.4 Å². The van der Waals surface area contributed by atoms with Crippen molar-refractivity contribution in [3.8, 4) is 5.75 Å². The molecule has 1 fully saturated rings. The Morgan fingerprint density at radius 2 is 2.17 bits per heavy atom. The summed E-state index contributed by atoms with van der Waals surface area (Å²) in [6, 6.07) is 5.75. The van der Waals surface area contributed by atoms with Crippen LogP contribution in [0.5, 0.6) is 5.75 Å². The average Bonchev–Trinajstić information content (AvgIpc) is 2.38. The lowest BCUT2D eigenvalue weighted by molar-refractivity contribution is 0.0491. The highest BCUT2D eigenvalue weighted by atomic mass is 79.9. The van der Waals surface area contributed by atoms with E-state index in [0.29, 0.717) is 12.5 Å². The number of hydrogen-bond donors (Lipinski definition) is 1. The van der Waals surface area contributed by atoms with E-state index in [2.05, 4.69) is 15.9 Å².